The first-order chi connectivity index (χ1) is 9.51. The molecule has 0 saturated carbocycles. The van der Waals surface area contributed by atoms with Crippen molar-refractivity contribution >= 4 is 11.6 Å². The van der Waals surface area contributed by atoms with E-state index in [4.69, 9.17) is 4.74 Å². The third kappa shape index (κ3) is 2.82. The highest BCUT2D eigenvalue weighted by molar-refractivity contribution is 5.44. The second-order valence-corrected chi connectivity index (χ2v) is 4.02. The van der Waals surface area contributed by atoms with Gasteiger partial charge in [-0.2, -0.15) is 10.1 Å². The molecule has 106 valence electrons. The quantitative estimate of drug-likeness (QED) is 0.654. The molecule has 0 spiro atoms. The average molecular weight is 278 g/mol. The molecule has 0 radical (unpaired) electrons. The van der Waals surface area contributed by atoms with E-state index in [-0.39, 0.29) is 17.5 Å². The number of ether oxygens (including phenoxy) is 1. The summed E-state index contributed by atoms with van der Waals surface area (Å²) in [5.41, 5.74) is 0.441. The minimum absolute atomic E-state index is 0.121. The first kappa shape index (κ1) is 13.7. The van der Waals surface area contributed by atoms with Crippen LogP contribution >= 0.6 is 0 Å². The largest absolute Gasteiger partial charge is 0.415 e. The highest BCUT2D eigenvalue weighted by Gasteiger charge is 2.21. The van der Waals surface area contributed by atoms with E-state index >= 15 is 0 Å². The van der Waals surface area contributed by atoms with Crippen LogP contribution in [0.5, 0.6) is 11.8 Å². The van der Waals surface area contributed by atoms with Crippen molar-refractivity contribution in [2.75, 3.05) is 11.9 Å². The Morgan fingerprint density at radius 3 is 2.85 bits per heavy atom. The number of aryl methyl sites for hydroxylation is 2. The summed E-state index contributed by atoms with van der Waals surface area (Å²) >= 11 is 0. The lowest BCUT2D eigenvalue weighted by atomic mass is 10.5. The molecule has 0 saturated heterocycles. The lowest BCUT2D eigenvalue weighted by Gasteiger charge is -2.06. The topological polar surface area (TPSA) is 108 Å². The summed E-state index contributed by atoms with van der Waals surface area (Å²) < 4.78 is 6.96. The summed E-state index contributed by atoms with van der Waals surface area (Å²) in [4.78, 5) is 18.2. The fourth-order valence-electron chi connectivity index (χ4n) is 1.58. The van der Waals surface area contributed by atoms with Gasteiger partial charge in [0.2, 0.25) is 11.8 Å². The van der Waals surface area contributed by atoms with E-state index in [1.54, 1.807) is 20.0 Å². The number of hydrogen-bond donors (Lipinski definition) is 1. The van der Waals surface area contributed by atoms with Crippen LogP contribution in [0.1, 0.15) is 12.6 Å². The molecule has 0 aliphatic carbocycles. The van der Waals surface area contributed by atoms with E-state index in [9.17, 15) is 10.1 Å². The van der Waals surface area contributed by atoms with Gasteiger partial charge in [-0.15, -0.1) is 0 Å². The Kier molecular flexibility index (Phi) is 3.78. The number of anilines is 1. The van der Waals surface area contributed by atoms with Crippen molar-refractivity contribution in [1.29, 1.82) is 0 Å². The van der Waals surface area contributed by atoms with Gasteiger partial charge in [-0.25, -0.2) is 9.67 Å². The molecule has 20 heavy (non-hydrogen) atoms. The van der Waals surface area contributed by atoms with Gasteiger partial charge >= 0.3 is 11.6 Å². The first-order valence-electron chi connectivity index (χ1n) is 5.95. The van der Waals surface area contributed by atoms with Gasteiger partial charge in [-0.05, 0) is 13.8 Å². The average Bonchev–Trinajstić information content (AvgIpc) is 2.68. The maximum atomic E-state index is 11.0. The van der Waals surface area contributed by atoms with Crippen LogP contribution in [-0.2, 0) is 7.05 Å². The molecule has 0 unspecified atom stereocenters. The smallest absolute Gasteiger partial charge is 0.349 e. The molecule has 0 aromatic carbocycles. The molecular formula is C11H14N6O3. The molecule has 2 heterocycles. The van der Waals surface area contributed by atoms with Crippen molar-refractivity contribution in [3.63, 3.8) is 0 Å². The zero-order chi connectivity index (χ0) is 14.7. The molecule has 2 aromatic heterocycles. The molecule has 0 bridgehead atoms. The Bertz CT molecular complexity index is 639. The molecule has 9 heteroatoms. The highest BCUT2D eigenvalue weighted by atomic mass is 16.6. The molecule has 2 aromatic rings. The van der Waals surface area contributed by atoms with Crippen molar-refractivity contribution in [2.45, 2.75) is 13.8 Å². The van der Waals surface area contributed by atoms with E-state index in [1.807, 2.05) is 6.92 Å². The minimum atomic E-state index is -0.589. The van der Waals surface area contributed by atoms with E-state index < -0.39 is 4.92 Å². The Balaban J connectivity index is 2.39. The van der Waals surface area contributed by atoms with Crippen LogP contribution in [0, 0.1) is 17.0 Å². The maximum absolute atomic E-state index is 11.0. The predicted octanol–water partition coefficient (Wildman–Crippen LogP) is 1.65. The Hall–Kier alpha value is -2.71. The van der Waals surface area contributed by atoms with Gasteiger partial charge in [0.05, 0.1) is 10.6 Å². The number of rotatable bonds is 5. The van der Waals surface area contributed by atoms with Gasteiger partial charge in [0.1, 0.15) is 6.20 Å². The van der Waals surface area contributed by atoms with E-state index in [0.29, 0.717) is 12.4 Å². The number of nitrogens with zero attached hydrogens (tertiary/aromatic N) is 5. The number of hydrogen-bond acceptors (Lipinski definition) is 7. The number of nitrogens with one attached hydrogen (secondary N) is 1. The summed E-state index contributed by atoms with van der Waals surface area (Å²) in [7, 11) is 1.68. The van der Waals surface area contributed by atoms with Gasteiger partial charge in [-0.1, -0.05) is 0 Å². The van der Waals surface area contributed by atoms with Crippen LogP contribution in [0.4, 0.5) is 11.6 Å². The minimum Gasteiger partial charge on any atom is -0.415 e. The third-order valence-corrected chi connectivity index (χ3v) is 2.43. The fourth-order valence-corrected chi connectivity index (χ4v) is 1.58. The second-order valence-electron chi connectivity index (χ2n) is 4.02. The summed E-state index contributed by atoms with van der Waals surface area (Å²) in [5, 5.41) is 17.9. The Labute approximate surface area is 114 Å². The van der Waals surface area contributed by atoms with Crippen LogP contribution in [-0.4, -0.2) is 31.2 Å². The SMILES string of the molecule is CCNc1ncc([N+](=O)[O-])c(Oc2cc(C)nn2C)n1. The summed E-state index contributed by atoms with van der Waals surface area (Å²) in [6.45, 7) is 4.27. The highest BCUT2D eigenvalue weighted by Crippen LogP contribution is 2.29. The van der Waals surface area contributed by atoms with Crippen molar-refractivity contribution in [1.82, 2.24) is 19.7 Å². The van der Waals surface area contributed by atoms with Crippen molar-refractivity contribution in [3.8, 4) is 11.8 Å². The van der Waals surface area contributed by atoms with Crippen LogP contribution < -0.4 is 10.1 Å². The van der Waals surface area contributed by atoms with Crippen LogP contribution in [0.2, 0.25) is 0 Å². The standard InChI is InChI=1S/C11H14N6O3/c1-4-12-11-13-6-8(17(18)19)10(14-11)20-9-5-7(2)15-16(9)3/h5-6H,4H2,1-3H3,(H,12,13,14). The van der Waals surface area contributed by atoms with Gasteiger partial charge in [-0.3, -0.25) is 10.1 Å². The molecule has 0 atom stereocenters. The second kappa shape index (κ2) is 5.51. The van der Waals surface area contributed by atoms with Gasteiger partial charge < -0.3 is 10.1 Å². The summed E-state index contributed by atoms with van der Waals surface area (Å²) in [6.07, 6.45) is 1.11. The molecule has 0 fully saturated rings. The zero-order valence-corrected chi connectivity index (χ0v) is 11.3. The van der Waals surface area contributed by atoms with Crippen LogP contribution in [0.3, 0.4) is 0 Å². The van der Waals surface area contributed by atoms with Gasteiger partial charge in [0.15, 0.2) is 0 Å². The van der Waals surface area contributed by atoms with Crippen molar-refractivity contribution in [3.05, 3.63) is 28.1 Å². The zero-order valence-electron chi connectivity index (χ0n) is 11.3. The summed E-state index contributed by atoms with van der Waals surface area (Å²) in [6, 6.07) is 1.67. The lowest BCUT2D eigenvalue weighted by molar-refractivity contribution is -0.386. The molecule has 1 N–H and O–H groups in total. The molecular weight excluding hydrogens is 264 g/mol. The Morgan fingerprint density at radius 1 is 1.55 bits per heavy atom. The van der Waals surface area contributed by atoms with Gasteiger partial charge in [0, 0.05) is 19.7 Å². The number of aromatic nitrogens is 4. The summed E-state index contributed by atoms with van der Waals surface area (Å²) in [5.74, 6) is 0.516. The monoisotopic (exact) mass is 278 g/mol. The van der Waals surface area contributed by atoms with E-state index in [0.717, 1.165) is 11.9 Å². The van der Waals surface area contributed by atoms with Crippen LogP contribution in [0.25, 0.3) is 0 Å². The molecule has 9 nitrogen and oxygen atoms in total. The van der Waals surface area contributed by atoms with Gasteiger partial charge in [0.25, 0.3) is 0 Å². The normalized spacial score (nSPS) is 10.3. The lowest BCUT2D eigenvalue weighted by Crippen LogP contribution is -2.06. The van der Waals surface area contributed by atoms with E-state index in [1.165, 1.54) is 4.68 Å². The molecule has 0 amide bonds. The van der Waals surface area contributed by atoms with E-state index in [2.05, 4.69) is 20.4 Å². The van der Waals surface area contributed by atoms with Crippen LogP contribution in [0.15, 0.2) is 12.3 Å². The molecule has 2 rings (SSSR count). The number of nitro groups is 1. The first-order valence-corrected chi connectivity index (χ1v) is 5.95. The molecule has 0 aliphatic rings. The Morgan fingerprint density at radius 2 is 2.30 bits per heavy atom. The molecule has 0 aliphatic heterocycles. The predicted molar refractivity (Wildman–Crippen MR) is 70.9 cm³/mol. The maximum Gasteiger partial charge on any atom is 0.349 e. The van der Waals surface area contributed by atoms with Crippen molar-refractivity contribution < 1.29 is 9.66 Å². The third-order valence-electron chi connectivity index (χ3n) is 2.43. The fraction of sp³-hybridized carbons (Fsp3) is 0.364. The van der Waals surface area contributed by atoms with Crippen molar-refractivity contribution in [2.24, 2.45) is 7.05 Å².